The Balaban J connectivity index is 1.87. The maximum Gasteiger partial charge on any atom is 0.267 e. The molecule has 1 unspecified atom stereocenters. The lowest BCUT2D eigenvalue weighted by Crippen LogP contribution is -2.48. The maximum absolute atomic E-state index is 13.1. The van der Waals surface area contributed by atoms with Crippen molar-refractivity contribution in [2.75, 3.05) is 13.1 Å². The molecule has 1 saturated carbocycles. The summed E-state index contributed by atoms with van der Waals surface area (Å²) in [7, 11) is 0. The van der Waals surface area contributed by atoms with Crippen LogP contribution in [0.1, 0.15) is 32.1 Å². The second-order valence-electron chi connectivity index (χ2n) is 5.91. The normalized spacial score (nSPS) is 31.1. The Morgan fingerprint density at radius 1 is 1.20 bits per heavy atom. The van der Waals surface area contributed by atoms with Crippen molar-refractivity contribution in [1.29, 1.82) is 0 Å². The van der Waals surface area contributed by atoms with Crippen LogP contribution in [0.5, 0.6) is 0 Å². The number of carbonyl (C=O) groups is 2. The number of carbonyl (C=O) groups excluding carboxylic acids is 2. The van der Waals surface area contributed by atoms with Gasteiger partial charge in [-0.2, -0.15) is 0 Å². The Hall–Kier alpha value is -1.24. The predicted octanol–water partition coefficient (Wildman–Crippen LogP) is 0.473. The average Bonchev–Trinajstić information content (AvgIpc) is 2.77. The van der Waals surface area contributed by atoms with E-state index < -0.39 is 24.4 Å². The summed E-state index contributed by atoms with van der Waals surface area (Å²) in [5, 5.41) is 0. The van der Waals surface area contributed by atoms with Gasteiger partial charge >= 0.3 is 0 Å². The van der Waals surface area contributed by atoms with Gasteiger partial charge in [-0.15, -0.1) is 0 Å². The molecule has 1 aliphatic heterocycles. The van der Waals surface area contributed by atoms with Crippen LogP contribution in [0.4, 0.5) is 8.78 Å². The number of nitrogens with zero attached hydrogens (tertiary/aromatic N) is 1. The third kappa shape index (κ3) is 3.26. The van der Waals surface area contributed by atoms with E-state index in [1.54, 1.807) is 0 Å². The minimum Gasteiger partial charge on any atom is -0.369 e. The molecule has 1 aliphatic carbocycles. The van der Waals surface area contributed by atoms with Crippen LogP contribution in [0.3, 0.4) is 0 Å². The fraction of sp³-hybridized carbons (Fsp3) is 0.846. The third-order valence-electron chi connectivity index (χ3n) is 4.45. The molecule has 1 heterocycles. The number of nitrogens with two attached hydrogens (primary N) is 2. The van der Waals surface area contributed by atoms with E-state index in [1.807, 2.05) is 0 Å². The summed E-state index contributed by atoms with van der Waals surface area (Å²) < 4.78 is 26.2. The molecule has 0 aromatic heterocycles. The van der Waals surface area contributed by atoms with Crippen molar-refractivity contribution in [3.05, 3.63) is 0 Å². The molecule has 1 atom stereocenters. The van der Waals surface area contributed by atoms with Gasteiger partial charge in [0.1, 0.15) is 0 Å². The zero-order chi connectivity index (χ0) is 14.9. The number of hydrogen-bond acceptors (Lipinski definition) is 3. The van der Waals surface area contributed by atoms with Crippen molar-refractivity contribution in [2.24, 2.45) is 23.3 Å². The van der Waals surface area contributed by atoms with Gasteiger partial charge in [0.05, 0.1) is 12.6 Å². The van der Waals surface area contributed by atoms with Gasteiger partial charge in [0.15, 0.2) is 0 Å². The predicted molar refractivity (Wildman–Crippen MR) is 68.8 cm³/mol. The highest BCUT2D eigenvalue weighted by Crippen LogP contribution is 2.32. The van der Waals surface area contributed by atoms with Gasteiger partial charge in [-0.25, -0.2) is 8.78 Å². The van der Waals surface area contributed by atoms with Crippen LogP contribution >= 0.6 is 0 Å². The van der Waals surface area contributed by atoms with Crippen LogP contribution in [-0.4, -0.2) is 41.8 Å². The molecule has 0 radical (unpaired) electrons. The molecule has 4 N–H and O–H groups in total. The van der Waals surface area contributed by atoms with E-state index in [2.05, 4.69) is 0 Å². The van der Waals surface area contributed by atoms with Crippen molar-refractivity contribution >= 4 is 11.8 Å². The van der Waals surface area contributed by atoms with Crippen LogP contribution in [0.2, 0.25) is 0 Å². The lowest BCUT2D eigenvalue weighted by Gasteiger charge is -2.32. The third-order valence-corrected chi connectivity index (χ3v) is 4.45. The SMILES string of the molecule is NC(=O)[C@H]1CC[C@H](C(N)C(=O)N2CCC(F)(F)C2)CC1. The molecule has 5 nitrogen and oxygen atoms in total. The minimum atomic E-state index is -2.79. The average molecular weight is 289 g/mol. The molecule has 2 aliphatic rings. The van der Waals surface area contributed by atoms with Gasteiger partial charge in [-0.3, -0.25) is 9.59 Å². The monoisotopic (exact) mass is 289 g/mol. The highest BCUT2D eigenvalue weighted by Gasteiger charge is 2.42. The molecule has 7 heteroatoms. The highest BCUT2D eigenvalue weighted by molar-refractivity contribution is 5.82. The summed E-state index contributed by atoms with van der Waals surface area (Å²) in [6.45, 7) is -0.466. The molecule has 2 amide bonds. The first-order valence-corrected chi connectivity index (χ1v) is 7.02. The molecular weight excluding hydrogens is 268 g/mol. The number of amides is 2. The van der Waals surface area contributed by atoms with Gasteiger partial charge in [0, 0.05) is 18.9 Å². The topological polar surface area (TPSA) is 89.4 Å². The molecular formula is C13H21F2N3O2. The fourth-order valence-electron chi connectivity index (χ4n) is 3.10. The van der Waals surface area contributed by atoms with E-state index in [-0.39, 0.29) is 30.7 Å². The minimum absolute atomic E-state index is 0.0488. The van der Waals surface area contributed by atoms with Gasteiger partial charge in [-0.1, -0.05) is 0 Å². The number of alkyl halides is 2. The fourth-order valence-corrected chi connectivity index (χ4v) is 3.10. The number of likely N-dealkylation sites (tertiary alicyclic amines) is 1. The quantitative estimate of drug-likeness (QED) is 0.791. The second kappa shape index (κ2) is 5.63. The maximum atomic E-state index is 13.1. The van der Waals surface area contributed by atoms with Gasteiger partial charge < -0.3 is 16.4 Å². The van der Waals surface area contributed by atoms with Crippen LogP contribution in [-0.2, 0) is 9.59 Å². The number of rotatable bonds is 3. The van der Waals surface area contributed by atoms with E-state index in [1.165, 1.54) is 0 Å². The molecule has 0 bridgehead atoms. The first-order valence-electron chi connectivity index (χ1n) is 7.02. The van der Waals surface area contributed by atoms with Crippen molar-refractivity contribution in [2.45, 2.75) is 44.1 Å². The van der Waals surface area contributed by atoms with Crippen molar-refractivity contribution < 1.29 is 18.4 Å². The molecule has 2 fully saturated rings. The zero-order valence-corrected chi connectivity index (χ0v) is 11.4. The Labute approximate surface area is 116 Å². The Bertz CT molecular complexity index is 395. The van der Waals surface area contributed by atoms with Crippen molar-refractivity contribution in [1.82, 2.24) is 4.90 Å². The summed E-state index contributed by atoms with van der Waals surface area (Å²) in [5.74, 6) is -3.71. The first-order chi connectivity index (χ1) is 9.30. The van der Waals surface area contributed by atoms with Crippen molar-refractivity contribution in [3.63, 3.8) is 0 Å². The van der Waals surface area contributed by atoms with Crippen LogP contribution < -0.4 is 11.5 Å². The summed E-state index contributed by atoms with van der Waals surface area (Å²) in [6, 6.07) is -0.752. The van der Waals surface area contributed by atoms with Crippen LogP contribution in [0, 0.1) is 11.8 Å². The van der Waals surface area contributed by atoms with Gasteiger partial charge in [-0.05, 0) is 31.6 Å². The highest BCUT2D eigenvalue weighted by atomic mass is 19.3. The largest absolute Gasteiger partial charge is 0.369 e. The smallest absolute Gasteiger partial charge is 0.267 e. The van der Waals surface area contributed by atoms with Crippen LogP contribution in [0.25, 0.3) is 0 Å². The van der Waals surface area contributed by atoms with E-state index in [0.717, 1.165) is 4.90 Å². The van der Waals surface area contributed by atoms with E-state index in [4.69, 9.17) is 11.5 Å². The lowest BCUT2D eigenvalue weighted by atomic mass is 9.78. The Morgan fingerprint density at radius 2 is 1.80 bits per heavy atom. The Morgan fingerprint density at radius 3 is 2.25 bits per heavy atom. The van der Waals surface area contributed by atoms with E-state index in [0.29, 0.717) is 25.7 Å². The van der Waals surface area contributed by atoms with Crippen LogP contribution in [0.15, 0.2) is 0 Å². The standard InChI is InChI=1S/C13H21F2N3O2/c14-13(15)5-6-18(7-13)12(20)10(16)8-1-3-9(4-2-8)11(17)19/h8-10H,1-7,16H2,(H2,17,19)/t8-,9-,10?. The summed E-state index contributed by atoms with van der Waals surface area (Å²) in [5.41, 5.74) is 11.2. The molecule has 0 spiro atoms. The summed E-state index contributed by atoms with van der Waals surface area (Å²) in [4.78, 5) is 24.4. The van der Waals surface area contributed by atoms with E-state index in [9.17, 15) is 18.4 Å². The zero-order valence-electron chi connectivity index (χ0n) is 11.4. The molecule has 20 heavy (non-hydrogen) atoms. The summed E-state index contributed by atoms with van der Waals surface area (Å²) in [6.07, 6.45) is 2.24. The number of halogens is 2. The molecule has 0 aromatic rings. The number of primary amides is 1. The van der Waals surface area contributed by atoms with Gasteiger partial charge in [0.25, 0.3) is 5.92 Å². The number of hydrogen-bond donors (Lipinski definition) is 2. The molecule has 114 valence electrons. The van der Waals surface area contributed by atoms with Crippen molar-refractivity contribution in [3.8, 4) is 0 Å². The molecule has 1 saturated heterocycles. The lowest BCUT2D eigenvalue weighted by molar-refractivity contribution is -0.134. The first kappa shape index (κ1) is 15.2. The molecule has 0 aromatic carbocycles. The molecule has 2 rings (SSSR count). The Kier molecular flexibility index (Phi) is 4.27. The van der Waals surface area contributed by atoms with Gasteiger partial charge in [0.2, 0.25) is 11.8 Å². The second-order valence-corrected chi connectivity index (χ2v) is 5.91. The summed E-state index contributed by atoms with van der Waals surface area (Å²) >= 11 is 0. The van der Waals surface area contributed by atoms with E-state index >= 15 is 0 Å².